The van der Waals surface area contributed by atoms with Crippen LogP contribution >= 0.6 is 23.1 Å². The van der Waals surface area contributed by atoms with E-state index in [0.29, 0.717) is 0 Å². The van der Waals surface area contributed by atoms with Gasteiger partial charge in [0.2, 0.25) is 5.13 Å². The van der Waals surface area contributed by atoms with E-state index in [2.05, 4.69) is 26.6 Å². The quantitative estimate of drug-likeness (QED) is 0.723. The lowest BCUT2D eigenvalue weighted by Gasteiger charge is -1.99. The van der Waals surface area contributed by atoms with E-state index in [1.165, 1.54) is 5.56 Å². The highest BCUT2D eigenvalue weighted by atomic mass is 32.2. The summed E-state index contributed by atoms with van der Waals surface area (Å²) in [7, 11) is 0. The summed E-state index contributed by atoms with van der Waals surface area (Å²) in [6, 6.07) is 14.0. The van der Waals surface area contributed by atoms with Crippen molar-refractivity contribution in [2.45, 2.75) is 10.1 Å². The number of nitrogens with one attached hydrogen (secondary N) is 1. The van der Waals surface area contributed by atoms with Crippen molar-refractivity contribution in [2.75, 3.05) is 5.32 Å². The van der Waals surface area contributed by atoms with Crippen molar-refractivity contribution in [3.8, 4) is 0 Å². The lowest BCUT2D eigenvalue weighted by Crippen LogP contribution is -1.87. The van der Waals surface area contributed by atoms with Crippen LogP contribution in [0.25, 0.3) is 0 Å². The monoisotopic (exact) mass is 300 g/mol. The molecule has 1 N–H and O–H groups in total. The number of anilines is 2. The number of rotatable bonds is 5. The predicted octanol–water partition coefficient (Wildman–Crippen LogP) is 3.97. The van der Waals surface area contributed by atoms with E-state index in [0.717, 1.165) is 20.9 Å². The molecule has 6 heteroatoms. The second kappa shape index (κ2) is 6.49. The standard InChI is InChI=1S/C14H12N4S2/c1-2-6-12(7-3-1)16-13-17-18-14(20-13)19-10-11-5-4-8-15-9-11/h1-9H,10H2,(H,16,17). The molecule has 3 rings (SSSR count). The fourth-order valence-electron chi connectivity index (χ4n) is 1.59. The molecule has 2 heterocycles. The summed E-state index contributed by atoms with van der Waals surface area (Å²) in [5, 5.41) is 12.4. The molecular weight excluding hydrogens is 288 g/mol. The van der Waals surface area contributed by atoms with Crippen LogP contribution in [0.4, 0.5) is 10.8 Å². The zero-order chi connectivity index (χ0) is 13.6. The summed E-state index contributed by atoms with van der Waals surface area (Å²) in [6.07, 6.45) is 3.65. The Morgan fingerprint density at radius 2 is 1.95 bits per heavy atom. The number of pyridine rings is 1. The molecule has 3 aromatic rings. The van der Waals surface area contributed by atoms with Crippen LogP contribution in [0.2, 0.25) is 0 Å². The average Bonchev–Trinajstić information content (AvgIpc) is 2.95. The Hall–Kier alpha value is -1.92. The Labute approximate surface area is 125 Å². The van der Waals surface area contributed by atoms with Crippen molar-refractivity contribution in [3.63, 3.8) is 0 Å². The van der Waals surface area contributed by atoms with Crippen LogP contribution in [0.3, 0.4) is 0 Å². The summed E-state index contributed by atoms with van der Waals surface area (Å²) in [5.41, 5.74) is 2.21. The fraction of sp³-hybridized carbons (Fsp3) is 0.0714. The van der Waals surface area contributed by atoms with E-state index >= 15 is 0 Å². The number of hydrogen-bond acceptors (Lipinski definition) is 6. The molecule has 0 spiro atoms. The largest absolute Gasteiger partial charge is 0.330 e. The molecule has 1 aromatic carbocycles. The van der Waals surface area contributed by atoms with Gasteiger partial charge in [-0.25, -0.2) is 0 Å². The van der Waals surface area contributed by atoms with Gasteiger partial charge in [0.15, 0.2) is 4.34 Å². The zero-order valence-corrected chi connectivity index (χ0v) is 12.2. The van der Waals surface area contributed by atoms with Crippen LogP contribution in [0.15, 0.2) is 59.2 Å². The summed E-state index contributed by atoms with van der Waals surface area (Å²) in [6.45, 7) is 0. The lowest BCUT2D eigenvalue weighted by atomic mass is 10.3. The van der Waals surface area contributed by atoms with Gasteiger partial charge < -0.3 is 5.32 Å². The molecule has 4 nitrogen and oxygen atoms in total. The number of thioether (sulfide) groups is 1. The van der Waals surface area contributed by atoms with E-state index in [1.54, 1.807) is 29.3 Å². The zero-order valence-electron chi connectivity index (χ0n) is 10.6. The smallest absolute Gasteiger partial charge is 0.210 e. The average molecular weight is 300 g/mol. The van der Waals surface area contributed by atoms with E-state index in [-0.39, 0.29) is 0 Å². The highest BCUT2D eigenvalue weighted by molar-refractivity contribution is 8.00. The third-order valence-electron chi connectivity index (χ3n) is 2.52. The number of nitrogens with zero attached hydrogens (tertiary/aromatic N) is 3. The highest BCUT2D eigenvalue weighted by Gasteiger charge is 2.05. The summed E-state index contributed by atoms with van der Waals surface area (Å²) in [4.78, 5) is 4.10. The normalized spacial score (nSPS) is 10.4. The fourth-order valence-corrected chi connectivity index (χ4v) is 3.30. The minimum absolute atomic E-state index is 0.810. The summed E-state index contributed by atoms with van der Waals surface area (Å²) >= 11 is 3.23. The topological polar surface area (TPSA) is 50.7 Å². The third kappa shape index (κ3) is 3.55. The first-order chi connectivity index (χ1) is 9.90. The number of aromatic nitrogens is 3. The lowest BCUT2D eigenvalue weighted by molar-refractivity contribution is 1.01. The highest BCUT2D eigenvalue weighted by Crippen LogP contribution is 2.29. The van der Waals surface area contributed by atoms with Crippen LogP contribution in [-0.4, -0.2) is 15.2 Å². The second-order valence-electron chi connectivity index (χ2n) is 4.01. The van der Waals surface area contributed by atoms with Gasteiger partial charge in [0, 0.05) is 23.8 Å². The molecule has 0 unspecified atom stereocenters. The molecule has 0 radical (unpaired) electrons. The Morgan fingerprint density at radius 1 is 1.05 bits per heavy atom. The van der Waals surface area contributed by atoms with Crippen LogP contribution < -0.4 is 5.32 Å². The van der Waals surface area contributed by atoms with E-state index in [1.807, 2.05) is 42.6 Å². The van der Waals surface area contributed by atoms with Gasteiger partial charge in [-0.05, 0) is 23.8 Å². The molecular formula is C14H12N4S2. The Kier molecular flexibility index (Phi) is 4.25. The van der Waals surface area contributed by atoms with Crippen molar-refractivity contribution in [1.29, 1.82) is 0 Å². The van der Waals surface area contributed by atoms with Gasteiger partial charge in [0.1, 0.15) is 0 Å². The van der Waals surface area contributed by atoms with Gasteiger partial charge in [-0.2, -0.15) is 0 Å². The van der Waals surface area contributed by atoms with Gasteiger partial charge in [0.25, 0.3) is 0 Å². The molecule has 2 aromatic heterocycles. The van der Waals surface area contributed by atoms with Crippen LogP contribution in [0.5, 0.6) is 0 Å². The SMILES string of the molecule is c1ccc(Nc2nnc(SCc3cccnc3)s2)cc1. The molecule has 0 saturated heterocycles. The Bertz CT molecular complexity index is 655. The number of para-hydroxylation sites is 1. The molecule has 0 aliphatic carbocycles. The van der Waals surface area contributed by atoms with E-state index < -0.39 is 0 Å². The maximum Gasteiger partial charge on any atom is 0.210 e. The van der Waals surface area contributed by atoms with Crippen LogP contribution in [-0.2, 0) is 5.75 Å². The predicted molar refractivity (Wildman–Crippen MR) is 83.4 cm³/mol. The van der Waals surface area contributed by atoms with Crippen molar-refractivity contribution >= 4 is 33.9 Å². The number of benzene rings is 1. The summed E-state index contributed by atoms with van der Waals surface area (Å²) < 4.78 is 0.951. The van der Waals surface area contributed by atoms with E-state index in [9.17, 15) is 0 Å². The third-order valence-corrected chi connectivity index (χ3v) is 4.56. The molecule has 0 aliphatic heterocycles. The minimum atomic E-state index is 0.810. The summed E-state index contributed by atoms with van der Waals surface area (Å²) in [5.74, 6) is 0.855. The maximum atomic E-state index is 4.18. The van der Waals surface area contributed by atoms with Gasteiger partial charge in [0.05, 0.1) is 0 Å². The van der Waals surface area contributed by atoms with Gasteiger partial charge in [-0.1, -0.05) is 47.4 Å². The van der Waals surface area contributed by atoms with Crippen molar-refractivity contribution < 1.29 is 0 Å². The molecule has 0 fully saturated rings. The molecule has 100 valence electrons. The van der Waals surface area contributed by atoms with Crippen LogP contribution in [0, 0.1) is 0 Å². The van der Waals surface area contributed by atoms with Crippen molar-refractivity contribution in [1.82, 2.24) is 15.2 Å². The first-order valence-corrected chi connectivity index (χ1v) is 7.88. The number of hydrogen-bond donors (Lipinski definition) is 1. The van der Waals surface area contributed by atoms with E-state index in [4.69, 9.17) is 0 Å². The molecule has 0 aliphatic rings. The van der Waals surface area contributed by atoms with Crippen molar-refractivity contribution in [2.24, 2.45) is 0 Å². The van der Waals surface area contributed by atoms with Crippen LogP contribution in [0.1, 0.15) is 5.56 Å². The Balaban J connectivity index is 1.60. The van der Waals surface area contributed by atoms with Gasteiger partial charge in [-0.3, -0.25) is 4.98 Å². The molecule has 20 heavy (non-hydrogen) atoms. The first-order valence-electron chi connectivity index (χ1n) is 6.07. The van der Waals surface area contributed by atoms with Crippen molar-refractivity contribution in [3.05, 3.63) is 60.4 Å². The molecule has 0 bridgehead atoms. The maximum absolute atomic E-state index is 4.18. The molecule has 0 saturated carbocycles. The molecule has 0 atom stereocenters. The molecule has 0 amide bonds. The Morgan fingerprint density at radius 3 is 2.75 bits per heavy atom. The minimum Gasteiger partial charge on any atom is -0.330 e. The van der Waals surface area contributed by atoms with Gasteiger partial charge >= 0.3 is 0 Å². The van der Waals surface area contributed by atoms with Gasteiger partial charge in [-0.15, -0.1) is 10.2 Å². The first kappa shape index (κ1) is 13.1. The second-order valence-corrected chi connectivity index (χ2v) is 6.21.